The summed E-state index contributed by atoms with van der Waals surface area (Å²) < 4.78 is 5.69. The van der Waals surface area contributed by atoms with Crippen molar-refractivity contribution in [1.82, 2.24) is 10.6 Å². The number of carbonyl (C=O) groups is 2. The smallest absolute Gasteiger partial charge is 0.224 e. The van der Waals surface area contributed by atoms with Gasteiger partial charge in [0.1, 0.15) is 0 Å². The molecule has 0 aliphatic carbocycles. The molecule has 0 saturated carbocycles. The Kier molecular flexibility index (Phi) is 9.78. The standard InChI is InChI=1S/C14H29N2O3P/c1-5-15-12(17)7-6-11(2)19-9-8-14(3,4)16-13(18)10-20/h11H,5-10,20H2,1-4H3,(H,15,17)(H,16,18). The quantitative estimate of drug-likeness (QED) is 0.601. The maximum atomic E-state index is 11.3. The molecule has 0 aromatic heterocycles. The van der Waals surface area contributed by atoms with Crippen molar-refractivity contribution in [3.8, 4) is 0 Å². The molecule has 5 nitrogen and oxygen atoms in total. The number of rotatable bonds is 10. The van der Waals surface area contributed by atoms with Crippen molar-refractivity contribution in [2.75, 3.05) is 19.3 Å². The van der Waals surface area contributed by atoms with Crippen LogP contribution in [0.1, 0.15) is 47.0 Å². The van der Waals surface area contributed by atoms with Gasteiger partial charge in [-0.25, -0.2) is 0 Å². The van der Waals surface area contributed by atoms with E-state index in [1.165, 1.54) is 0 Å². The average molecular weight is 304 g/mol. The van der Waals surface area contributed by atoms with Gasteiger partial charge in [-0.15, -0.1) is 9.24 Å². The highest BCUT2D eigenvalue weighted by atomic mass is 31.0. The Morgan fingerprint density at radius 3 is 2.50 bits per heavy atom. The largest absolute Gasteiger partial charge is 0.378 e. The monoisotopic (exact) mass is 304 g/mol. The molecule has 0 radical (unpaired) electrons. The predicted molar refractivity (Wildman–Crippen MR) is 84.7 cm³/mol. The van der Waals surface area contributed by atoms with Gasteiger partial charge in [0.2, 0.25) is 11.8 Å². The van der Waals surface area contributed by atoms with Crippen molar-refractivity contribution < 1.29 is 14.3 Å². The number of ether oxygens (including phenoxy) is 1. The Labute approximate surface area is 124 Å². The van der Waals surface area contributed by atoms with E-state index >= 15 is 0 Å². The molecule has 0 aromatic carbocycles. The van der Waals surface area contributed by atoms with Crippen LogP contribution in [0, 0.1) is 0 Å². The second-order valence-corrected chi connectivity index (χ2v) is 5.97. The molecule has 0 aromatic rings. The minimum Gasteiger partial charge on any atom is -0.378 e. The highest BCUT2D eigenvalue weighted by Crippen LogP contribution is 2.11. The van der Waals surface area contributed by atoms with Gasteiger partial charge < -0.3 is 15.4 Å². The maximum absolute atomic E-state index is 11.3. The fourth-order valence-electron chi connectivity index (χ4n) is 1.71. The van der Waals surface area contributed by atoms with E-state index in [1.807, 2.05) is 27.7 Å². The first-order valence-corrected chi connectivity index (χ1v) is 8.01. The van der Waals surface area contributed by atoms with Crippen LogP contribution < -0.4 is 10.6 Å². The Morgan fingerprint density at radius 1 is 1.30 bits per heavy atom. The van der Waals surface area contributed by atoms with Gasteiger partial charge >= 0.3 is 0 Å². The molecule has 6 heteroatoms. The second kappa shape index (κ2) is 10.1. The van der Waals surface area contributed by atoms with E-state index in [2.05, 4.69) is 19.9 Å². The van der Waals surface area contributed by atoms with E-state index in [4.69, 9.17) is 4.74 Å². The van der Waals surface area contributed by atoms with E-state index in [0.29, 0.717) is 32.2 Å². The molecule has 0 rings (SSSR count). The Balaban J connectivity index is 3.82. The Morgan fingerprint density at radius 2 is 1.95 bits per heavy atom. The summed E-state index contributed by atoms with van der Waals surface area (Å²) >= 11 is 0. The van der Waals surface area contributed by atoms with Crippen LogP contribution in [-0.2, 0) is 14.3 Å². The zero-order valence-corrected chi connectivity index (χ0v) is 14.3. The molecule has 2 unspecified atom stereocenters. The summed E-state index contributed by atoms with van der Waals surface area (Å²) in [5.41, 5.74) is -0.271. The number of carbonyl (C=O) groups excluding carboxylic acids is 2. The van der Waals surface area contributed by atoms with Crippen molar-refractivity contribution in [2.45, 2.75) is 58.6 Å². The molecule has 2 atom stereocenters. The molecular formula is C14H29N2O3P. The predicted octanol–water partition coefficient (Wildman–Crippen LogP) is 1.47. The van der Waals surface area contributed by atoms with Crippen molar-refractivity contribution >= 4 is 21.1 Å². The molecule has 0 fully saturated rings. The van der Waals surface area contributed by atoms with Crippen molar-refractivity contribution in [2.24, 2.45) is 0 Å². The average Bonchev–Trinajstić information content (AvgIpc) is 2.35. The molecule has 0 aliphatic rings. The summed E-state index contributed by atoms with van der Waals surface area (Å²) in [5, 5.41) is 5.71. The van der Waals surface area contributed by atoms with E-state index in [0.717, 1.165) is 6.42 Å². The van der Waals surface area contributed by atoms with Gasteiger partial charge in [0.05, 0.1) is 6.10 Å². The lowest BCUT2D eigenvalue weighted by molar-refractivity contribution is -0.122. The summed E-state index contributed by atoms with van der Waals surface area (Å²) in [7, 11) is 2.41. The first-order valence-electron chi connectivity index (χ1n) is 7.20. The summed E-state index contributed by atoms with van der Waals surface area (Å²) in [4.78, 5) is 22.7. The minimum absolute atomic E-state index is 0.0179. The van der Waals surface area contributed by atoms with Gasteiger partial charge in [0.15, 0.2) is 0 Å². The van der Waals surface area contributed by atoms with E-state index in [1.54, 1.807) is 0 Å². The van der Waals surface area contributed by atoms with Gasteiger partial charge in [0.25, 0.3) is 0 Å². The molecule has 118 valence electrons. The Hall–Kier alpha value is -0.670. The van der Waals surface area contributed by atoms with Crippen LogP contribution in [0.15, 0.2) is 0 Å². The van der Waals surface area contributed by atoms with E-state index < -0.39 is 0 Å². The third-order valence-electron chi connectivity index (χ3n) is 2.94. The fourth-order valence-corrected chi connectivity index (χ4v) is 1.81. The highest BCUT2D eigenvalue weighted by molar-refractivity contribution is 7.18. The molecule has 0 heterocycles. The highest BCUT2D eigenvalue weighted by Gasteiger charge is 2.19. The molecule has 0 aliphatic heterocycles. The van der Waals surface area contributed by atoms with Crippen LogP contribution in [0.3, 0.4) is 0 Å². The summed E-state index contributed by atoms with van der Waals surface area (Å²) in [6, 6.07) is 0. The van der Waals surface area contributed by atoms with Crippen LogP contribution in [0.25, 0.3) is 0 Å². The molecule has 2 N–H and O–H groups in total. The number of nitrogens with one attached hydrogen (secondary N) is 2. The Bertz CT molecular complexity index is 309. The SMILES string of the molecule is CCNC(=O)CCC(C)OCCC(C)(C)NC(=O)CP. The summed E-state index contributed by atoms with van der Waals surface area (Å²) in [5.74, 6) is 0.0836. The normalized spacial score (nSPS) is 12.8. The number of amides is 2. The lowest BCUT2D eigenvalue weighted by Crippen LogP contribution is -2.44. The van der Waals surface area contributed by atoms with Gasteiger partial charge in [0, 0.05) is 31.3 Å². The number of hydrogen-bond donors (Lipinski definition) is 2. The minimum atomic E-state index is -0.271. The zero-order chi connectivity index (χ0) is 15.6. The van der Waals surface area contributed by atoms with E-state index in [-0.39, 0.29) is 23.5 Å². The first-order chi connectivity index (χ1) is 9.30. The van der Waals surface area contributed by atoms with Gasteiger partial charge in [-0.3, -0.25) is 9.59 Å². The van der Waals surface area contributed by atoms with Gasteiger partial charge in [-0.2, -0.15) is 0 Å². The van der Waals surface area contributed by atoms with E-state index in [9.17, 15) is 9.59 Å². The molecule has 0 bridgehead atoms. The third kappa shape index (κ3) is 10.2. The summed E-state index contributed by atoms with van der Waals surface area (Å²) in [6.07, 6.45) is 2.40. The maximum Gasteiger partial charge on any atom is 0.224 e. The third-order valence-corrected chi connectivity index (χ3v) is 3.32. The van der Waals surface area contributed by atoms with Crippen LogP contribution in [-0.4, -0.2) is 42.8 Å². The molecule has 0 spiro atoms. The van der Waals surface area contributed by atoms with Gasteiger partial charge in [-0.1, -0.05) is 0 Å². The van der Waals surface area contributed by atoms with Crippen molar-refractivity contribution in [3.05, 3.63) is 0 Å². The summed E-state index contributed by atoms with van der Waals surface area (Å²) in [6.45, 7) is 9.07. The molecule has 0 saturated heterocycles. The number of hydrogen-bond acceptors (Lipinski definition) is 3. The molecule has 20 heavy (non-hydrogen) atoms. The lowest BCUT2D eigenvalue weighted by Gasteiger charge is -2.26. The molecular weight excluding hydrogens is 275 g/mol. The lowest BCUT2D eigenvalue weighted by atomic mass is 10.0. The van der Waals surface area contributed by atoms with Gasteiger partial charge in [-0.05, 0) is 40.5 Å². The molecule has 2 amide bonds. The van der Waals surface area contributed by atoms with Crippen molar-refractivity contribution in [1.29, 1.82) is 0 Å². The first kappa shape index (κ1) is 19.3. The van der Waals surface area contributed by atoms with Crippen LogP contribution >= 0.6 is 9.24 Å². The van der Waals surface area contributed by atoms with Crippen molar-refractivity contribution in [3.63, 3.8) is 0 Å². The van der Waals surface area contributed by atoms with Crippen LogP contribution in [0.2, 0.25) is 0 Å². The topological polar surface area (TPSA) is 67.4 Å². The fraction of sp³-hybridized carbons (Fsp3) is 0.857. The zero-order valence-electron chi connectivity index (χ0n) is 13.1. The second-order valence-electron chi connectivity index (χ2n) is 5.56. The van der Waals surface area contributed by atoms with Crippen LogP contribution in [0.4, 0.5) is 0 Å². The van der Waals surface area contributed by atoms with Crippen LogP contribution in [0.5, 0.6) is 0 Å².